The zero-order valence-electron chi connectivity index (χ0n) is 11.1. The third kappa shape index (κ3) is 3.73. The number of hydrogen-bond acceptors (Lipinski definition) is 4. The van der Waals surface area contributed by atoms with Gasteiger partial charge >= 0.3 is 0 Å². The van der Waals surface area contributed by atoms with E-state index in [4.69, 9.17) is 4.74 Å². The molecule has 1 heterocycles. The number of likely N-dealkylation sites (tertiary alicyclic amines) is 1. The van der Waals surface area contributed by atoms with Crippen molar-refractivity contribution in [1.29, 1.82) is 0 Å². The highest BCUT2D eigenvalue weighted by Crippen LogP contribution is 2.25. The molecule has 1 aromatic rings. The summed E-state index contributed by atoms with van der Waals surface area (Å²) in [5.74, 6) is 0.927. The van der Waals surface area contributed by atoms with Gasteiger partial charge in [-0.25, -0.2) is 0 Å². The van der Waals surface area contributed by atoms with Crippen LogP contribution >= 0.6 is 11.8 Å². The molecule has 0 radical (unpaired) electrons. The van der Waals surface area contributed by atoms with Crippen LogP contribution in [-0.2, 0) is 16.1 Å². The molecule has 0 bridgehead atoms. The zero-order valence-corrected chi connectivity index (χ0v) is 11.9. The summed E-state index contributed by atoms with van der Waals surface area (Å²) in [4.78, 5) is 24.7. The number of carbonyl (C=O) groups is 2. The summed E-state index contributed by atoms with van der Waals surface area (Å²) in [6, 6.07) is 7.68. The molecule has 1 aliphatic heterocycles. The maximum Gasteiger partial charge on any atom is 0.224 e. The SMILES string of the molecule is COc1ccc(CN2CC(SC(C)=O)CC2=O)cc1. The first-order valence-electron chi connectivity index (χ1n) is 6.16. The Balaban J connectivity index is 1.95. The number of thioether (sulfide) groups is 1. The van der Waals surface area contributed by atoms with Crippen LogP contribution in [0, 0.1) is 0 Å². The number of hydrogen-bond donors (Lipinski definition) is 0. The first-order valence-corrected chi connectivity index (χ1v) is 7.04. The minimum atomic E-state index is 0.0732. The Bertz CT molecular complexity index is 472. The van der Waals surface area contributed by atoms with E-state index in [1.807, 2.05) is 29.2 Å². The molecule has 1 unspecified atom stereocenters. The molecule has 4 nitrogen and oxygen atoms in total. The van der Waals surface area contributed by atoms with E-state index in [0.29, 0.717) is 19.5 Å². The fraction of sp³-hybridized carbons (Fsp3) is 0.429. The minimum absolute atomic E-state index is 0.0732. The lowest BCUT2D eigenvalue weighted by atomic mass is 10.2. The number of nitrogens with zero attached hydrogens (tertiary/aromatic N) is 1. The molecule has 0 aliphatic carbocycles. The van der Waals surface area contributed by atoms with Gasteiger partial charge in [0.1, 0.15) is 5.75 Å². The largest absolute Gasteiger partial charge is 0.497 e. The predicted molar refractivity (Wildman–Crippen MR) is 75.1 cm³/mol. The molecular formula is C14H17NO3S. The van der Waals surface area contributed by atoms with Gasteiger partial charge in [0.2, 0.25) is 5.91 Å². The first-order chi connectivity index (χ1) is 9.08. The molecular weight excluding hydrogens is 262 g/mol. The molecule has 1 amide bonds. The van der Waals surface area contributed by atoms with Crippen molar-refractivity contribution in [1.82, 2.24) is 4.90 Å². The molecule has 0 N–H and O–H groups in total. The van der Waals surface area contributed by atoms with Gasteiger partial charge < -0.3 is 9.64 Å². The second-order valence-corrected chi connectivity index (χ2v) is 6.04. The fourth-order valence-corrected chi connectivity index (χ4v) is 3.10. The lowest BCUT2D eigenvalue weighted by molar-refractivity contribution is -0.128. The number of rotatable bonds is 4. The average molecular weight is 279 g/mol. The zero-order chi connectivity index (χ0) is 13.8. The molecule has 0 saturated carbocycles. The molecule has 1 fully saturated rings. The lowest BCUT2D eigenvalue weighted by Crippen LogP contribution is -2.24. The van der Waals surface area contributed by atoms with Gasteiger partial charge in [0.25, 0.3) is 0 Å². The molecule has 19 heavy (non-hydrogen) atoms. The van der Waals surface area contributed by atoms with E-state index >= 15 is 0 Å². The Morgan fingerprint density at radius 2 is 2.11 bits per heavy atom. The summed E-state index contributed by atoms with van der Waals surface area (Å²) in [5.41, 5.74) is 1.07. The van der Waals surface area contributed by atoms with Crippen molar-refractivity contribution in [2.45, 2.75) is 25.1 Å². The van der Waals surface area contributed by atoms with Gasteiger partial charge in [0.15, 0.2) is 5.12 Å². The van der Waals surface area contributed by atoms with Crippen molar-refractivity contribution in [3.8, 4) is 5.75 Å². The molecule has 102 valence electrons. The number of ether oxygens (including phenoxy) is 1. The van der Waals surface area contributed by atoms with E-state index in [9.17, 15) is 9.59 Å². The van der Waals surface area contributed by atoms with E-state index < -0.39 is 0 Å². The summed E-state index contributed by atoms with van der Waals surface area (Å²) < 4.78 is 5.10. The van der Waals surface area contributed by atoms with Crippen LogP contribution in [0.2, 0.25) is 0 Å². The van der Waals surface area contributed by atoms with E-state index in [2.05, 4.69) is 0 Å². The number of amides is 1. The Hall–Kier alpha value is -1.49. The molecule has 1 saturated heterocycles. The van der Waals surface area contributed by atoms with Crippen LogP contribution in [0.1, 0.15) is 18.9 Å². The summed E-state index contributed by atoms with van der Waals surface area (Å²) in [6.45, 7) is 2.79. The molecule has 0 spiro atoms. The van der Waals surface area contributed by atoms with Crippen molar-refractivity contribution in [3.63, 3.8) is 0 Å². The predicted octanol–water partition coefficient (Wildman–Crippen LogP) is 2.08. The van der Waals surface area contributed by atoms with Gasteiger partial charge in [0.05, 0.1) is 7.11 Å². The van der Waals surface area contributed by atoms with Gasteiger partial charge in [-0.15, -0.1) is 0 Å². The normalized spacial score (nSPS) is 18.7. The first kappa shape index (κ1) is 13.9. The number of methoxy groups -OCH3 is 1. The highest BCUT2D eigenvalue weighted by molar-refractivity contribution is 8.14. The Labute approximate surface area is 117 Å². The number of benzene rings is 1. The smallest absolute Gasteiger partial charge is 0.224 e. The maximum absolute atomic E-state index is 11.9. The molecule has 1 aromatic carbocycles. The van der Waals surface area contributed by atoms with Crippen LogP contribution in [0.15, 0.2) is 24.3 Å². The molecule has 1 atom stereocenters. The van der Waals surface area contributed by atoms with Crippen molar-refractivity contribution < 1.29 is 14.3 Å². The van der Waals surface area contributed by atoms with Crippen LogP contribution in [-0.4, -0.2) is 34.8 Å². The van der Waals surface area contributed by atoms with Gasteiger partial charge in [-0.2, -0.15) is 0 Å². The van der Waals surface area contributed by atoms with Crippen LogP contribution in [0.25, 0.3) is 0 Å². The van der Waals surface area contributed by atoms with Gasteiger partial charge in [-0.1, -0.05) is 23.9 Å². The van der Waals surface area contributed by atoms with Gasteiger partial charge in [-0.3, -0.25) is 9.59 Å². The van der Waals surface area contributed by atoms with Crippen molar-refractivity contribution in [3.05, 3.63) is 29.8 Å². The molecule has 0 aromatic heterocycles. The van der Waals surface area contributed by atoms with Crippen molar-refractivity contribution in [2.24, 2.45) is 0 Å². The third-order valence-corrected chi connectivity index (χ3v) is 4.03. The minimum Gasteiger partial charge on any atom is -0.497 e. The van der Waals surface area contributed by atoms with E-state index in [-0.39, 0.29) is 16.3 Å². The molecule has 2 rings (SSSR count). The quantitative estimate of drug-likeness (QED) is 0.846. The van der Waals surface area contributed by atoms with Gasteiger partial charge in [-0.05, 0) is 17.7 Å². The van der Waals surface area contributed by atoms with Crippen molar-refractivity contribution in [2.75, 3.05) is 13.7 Å². The van der Waals surface area contributed by atoms with E-state index in [0.717, 1.165) is 11.3 Å². The van der Waals surface area contributed by atoms with Crippen molar-refractivity contribution >= 4 is 22.8 Å². The maximum atomic E-state index is 11.9. The second kappa shape index (κ2) is 6.10. The highest BCUT2D eigenvalue weighted by atomic mass is 32.2. The Morgan fingerprint density at radius 1 is 1.42 bits per heavy atom. The summed E-state index contributed by atoms with van der Waals surface area (Å²) in [6.07, 6.45) is 0.459. The van der Waals surface area contributed by atoms with E-state index in [1.165, 1.54) is 11.8 Å². The summed E-state index contributed by atoms with van der Waals surface area (Å²) >= 11 is 1.26. The summed E-state index contributed by atoms with van der Waals surface area (Å²) in [5, 5.41) is 0.173. The second-order valence-electron chi connectivity index (χ2n) is 4.56. The van der Waals surface area contributed by atoms with E-state index in [1.54, 1.807) is 14.0 Å². The average Bonchev–Trinajstić information content (AvgIpc) is 2.69. The number of carbonyl (C=O) groups excluding carboxylic acids is 2. The topological polar surface area (TPSA) is 46.6 Å². The standard InChI is InChI=1S/C14H17NO3S/c1-10(16)19-13-7-14(17)15(9-13)8-11-3-5-12(18-2)6-4-11/h3-6,13H,7-9H2,1-2H3. The van der Waals surface area contributed by atoms with Crippen LogP contribution in [0.4, 0.5) is 0 Å². The third-order valence-electron chi connectivity index (χ3n) is 3.04. The lowest BCUT2D eigenvalue weighted by Gasteiger charge is -2.16. The molecule has 5 heteroatoms. The Morgan fingerprint density at radius 3 is 2.68 bits per heavy atom. The fourth-order valence-electron chi connectivity index (χ4n) is 2.15. The Kier molecular flexibility index (Phi) is 4.47. The summed E-state index contributed by atoms with van der Waals surface area (Å²) in [7, 11) is 1.63. The van der Waals surface area contributed by atoms with Crippen LogP contribution in [0.5, 0.6) is 5.75 Å². The molecule has 1 aliphatic rings. The van der Waals surface area contributed by atoms with Gasteiger partial charge in [0, 0.05) is 31.7 Å². The van der Waals surface area contributed by atoms with Crippen LogP contribution in [0.3, 0.4) is 0 Å². The monoisotopic (exact) mass is 279 g/mol. The highest BCUT2D eigenvalue weighted by Gasteiger charge is 2.30. The van der Waals surface area contributed by atoms with Crippen LogP contribution < -0.4 is 4.74 Å².